The van der Waals surface area contributed by atoms with E-state index in [4.69, 9.17) is 9.47 Å². The van der Waals surface area contributed by atoms with Crippen LogP contribution in [-0.4, -0.2) is 56.2 Å². The fourth-order valence-corrected chi connectivity index (χ4v) is 6.40. The van der Waals surface area contributed by atoms with E-state index in [1.54, 1.807) is 32.9 Å². The molecule has 1 heterocycles. The quantitative estimate of drug-likeness (QED) is 0.317. The maximum atomic E-state index is 13.4. The second-order valence-electron chi connectivity index (χ2n) is 12.7. The van der Waals surface area contributed by atoms with Crippen molar-refractivity contribution in [3.8, 4) is 5.75 Å². The van der Waals surface area contributed by atoms with Gasteiger partial charge in [-0.3, -0.25) is 4.79 Å². The van der Waals surface area contributed by atoms with Crippen molar-refractivity contribution in [2.24, 2.45) is 0 Å². The van der Waals surface area contributed by atoms with Crippen molar-refractivity contribution in [3.63, 3.8) is 0 Å². The van der Waals surface area contributed by atoms with Crippen LogP contribution in [0.5, 0.6) is 5.75 Å². The van der Waals surface area contributed by atoms with E-state index in [0.717, 1.165) is 30.4 Å². The minimum absolute atomic E-state index is 0.256. The summed E-state index contributed by atoms with van der Waals surface area (Å²) in [5, 5.41) is 2.46. The van der Waals surface area contributed by atoms with Gasteiger partial charge >= 0.3 is 6.09 Å². The Morgan fingerprint density at radius 3 is 2.44 bits per heavy atom. The molecule has 0 unspecified atom stereocenters. The molecule has 43 heavy (non-hydrogen) atoms. The molecule has 2 N–H and O–H groups in total. The van der Waals surface area contributed by atoms with Crippen molar-refractivity contribution in [1.82, 2.24) is 15.0 Å². The fraction of sp³-hybridized carbons (Fsp3) is 0.594. The number of pyridine rings is 1. The first-order valence-corrected chi connectivity index (χ1v) is 16.9. The number of ether oxygens (including phenoxy) is 2. The largest absolute Gasteiger partial charge is 0.477 e. The van der Waals surface area contributed by atoms with Gasteiger partial charge in [0, 0.05) is 32.5 Å². The van der Waals surface area contributed by atoms with E-state index in [0.29, 0.717) is 43.4 Å². The van der Waals surface area contributed by atoms with Crippen LogP contribution in [0, 0.1) is 6.92 Å². The molecule has 0 atom stereocenters. The van der Waals surface area contributed by atoms with Crippen molar-refractivity contribution >= 4 is 27.8 Å². The van der Waals surface area contributed by atoms with Crippen LogP contribution in [0.2, 0.25) is 0 Å². The predicted octanol–water partition coefficient (Wildman–Crippen LogP) is 5.60. The molecule has 236 valence electrons. The summed E-state index contributed by atoms with van der Waals surface area (Å²) in [6.07, 6.45) is 6.88. The minimum atomic E-state index is -4.27. The summed E-state index contributed by atoms with van der Waals surface area (Å²) < 4.78 is 40.6. The number of rotatable bonds is 12. The topological polar surface area (TPSA) is 127 Å². The maximum absolute atomic E-state index is 13.4. The van der Waals surface area contributed by atoms with Gasteiger partial charge in [0.05, 0.1) is 0 Å². The predicted molar refractivity (Wildman–Crippen MR) is 166 cm³/mol. The van der Waals surface area contributed by atoms with Gasteiger partial charge in [-0.2, -0.15) is 8.42 Å². The highest BCUT2D eigenvalue weighted by Gasteiger charge is 2.54. The third kappa shape index (κ3) is 8.84. The Morgan fingerprint density at radius 1 is 1.07 bits per heavy atom. The molecule has 1 aromatic heterocycles. The second kappa shape index (κ2) is 13.5. The smallest absolute Gasteiger partial charge is 0.407 e. The molecule has 0 radical (unpaired) electrons. The number of nitrogens with one attached hydrogen (secondary N) is 2. The Kier molecular flexibility index (Phi) is 10.2. The van der Waals surface area contributed by atoms with Crippen LogP contribution in [0.1, 0.15) is 96.1 Å². The summed E-state index contributed by atoms with van der Waals surface area (Å²) in [4.78, 5) is 31.7. The maximum Gasteiger partial charge on any atom is 0.407 e. The first-order chi connectivity index (χ1) is 20.3. The number of alkyl carbamates (subject to hydrolysis) is 1. The van der Waals surface area contributed by atoms with E-state index < -0.39 is 33.2 Å². The Bertz CT molecular complexity index is 1390. The van der Waals surface area contributed by atoms with Crippen LogP contribution in [0.25, 0.3) is 0 Å². The number of carbonyl (C=O) groups excluding carboxylic acids is 2. The molecule has 4 rings (SSSR count). The van der Waals surface area contributed by atoms with Gasteiger partial charge in [-0.15, -0.1) is 0 Å². The lowest BCUT2D eigenvalue weighted by Crippen LogP contribution is -2.43. The summed E-state index contributed by atoms with van der Waals surface area (Å²) in [5.41, 5.74) is 0.295. The van der Waals surface area contributed by atoms with E-state index >= 15 is 0 Å². The number of nitrogens with zero attached hydrogens (tertiary/aromatic N) is 2. The van der Waals surface area contributed by atoms with Gasteiger partial charge in [0.25, 0.3) is 15.9 Å². The number of sulfonamides is 1. The van der Waals surface area contributed by atoms with E-state index in [-0.39, 0.29) is 11.6 Å². The molecule has 2 aliphatic carbocycles. The van der Waals surface area contributed by atoms with Crippen molar-refractivity contribution in [1.29, 1.82) is 0 Å². The summed E-state index contributed by atoms with van der Waals surface area (Å²) >= 11 is 0. The molecule has 0 saturated heterocycles. The van der Waals surface area contributed by atoms with Gasteiger partial charge in [0.1, 0.15) is 17.2 Å². The average Bonchev–Trinajstić information content (AvgIpc) is 3.73. The molecule has 2 fully saturated rings. The molecular weight excluding hydrogens is 568 g/mol. The minimum Gasteiger partial charge on any atom is -0.477 e. The zero-order chi connectivity index (χ0) is 31.3. The molecule has 1 aromatic carbocycles. The zero-order valence-electron chi connectivity index (χ0n) is 26.1. The standard InChI is InChI=1S/C32H46N4O6S/c1-6-20-36(21-19-33-30(38)42-31(3,4)5)27-13-10-14-28(34-27)43(39,40)35-29(37)32(17-18-32)41-26-22-23(2)15-16-25(26)24-11-8-7-9-12-24/h10,13-16,22,24H,6-9,11-12,17-21H2,1-5H3,(H,33,38)(H,35,37). The van der Waals surface area contributed by atoms with Crippen molar-refractivity contribution in [3.05, 3.63) is 47.5 Å². The van der Waals surface area contributed by atoms with Crippen LogP contribution in [0.15, 0.2) is 41.4 Å². The lowest BCUT2D eigenvalue weighted by Gasteiger charge is -2.26. The molecular formula is C32H46N4O6S. The highest BCUT2D eigenvalue weighted by molar-refractivity contribution is 7.90. The van der Waals surface area contributed by atoms with Crippen molar-refractivity contribution < 1.29 is 27.5 Å². The molecule has 2 aromatic rings. The first kappa shape index (κ1) is 32.6. The van der Waals surface area contributed by atoms with Crippen LogP contribution >= 0.6 is 0 Å². The van der Waals surface area contributed by atoms with Gasteiger partial charge in [-0.25, -0.2) is 14.5 Å². The number of aromatic nitrogens is 1. The van der Waals surface area contributed by atoms with Gasteiger partial charge in [0.15, 0.2) is 10.6 Å². The molecule has 0 spiro atoms. The van der Waals surface area contributed by atoms with E-state index in [1.165, 1.54) is 25.3 Å². The SMILES string of the molecule is CCCN(CCNC(=O)OC(C)(C)C)c1cccc(S(=O)(=O)NC(=O)C2(Oc3cc(C)ccc3C3CCCCC3)CC2)n1. The van der Waals surface area contributed by atoms with Crippen molar-refractivity contribution in [2.75, 3.05) is 24.5 Å². The highest BCUT2D eigenvalue weighted by atomic mass is 32.2. The number of carbonyl (C=O) groups is 2. The Hall–Kier alpha value is -3.34. The number of hydrogen-bond donors (Lipinski definition) is 2. The molecule has 2 saturated carbocycles. The van der Waals surface area contributed by atoms with Crippen LogP contribution in [-0.2, 0) is 19.6 Å². The first-order valence-electron chi connectivity index (χ1n) is 15.4. The monoisotopic (exact) mass is 614 g/mol. The zero-order valence-corrected chi connectivity index (χ0v) is 26.9. The lowest BCUT2D eigenvalue weighted by molar-refractivity contribution is -0.128. The van der Waals surface area contributed by atoms with Gasteiger partial charge in [-0.1, -0.05) is 44.4 Å². The molecule has 2 amide bonds. The Morgan fingerprint density at radius 2 is 1.79 bits per heavy atom. The second-order valence-corrected chi connectivity index (χ2v) is 14.3. The normalized spacial score (nSPS) is 16.7. The third-order valence-electron chi connectivity index (χ3n) is 7.72. The number of hydrogen-bond acceptors (Lipinski definition) is 8. The third-order valence-corrected chi connectivity index (χ3v) is 8.95. The van der Waals surface area contributed by atoms with Gasteiger partial charge < -0.3 is 19.7 Å². The summed E-state index contributed by atoms with van der Waals surface area (Å²) in [5.74, 6) is 0.803. The number of aryl methyl sites for hydroxylation is 1. The molecule has 10 nitrogen and oxygen atoms in total. The van der Waals surface area contributed by atoms with Crippen LogP contribution in [0.3, 0.4) is 0 Å². The summed E-state index contributed by atoms with van der Waals surface area (Å²) in [6, 6.07) is 10.8. The molecule has 0 aliphatic heterocycles. The fourth-order valence-electron chi connectivity index (χ4n) is 5.40. The van der Waals surface area contributed by atoms with Crippen LogP contribution in [0.4, 0.5) is 10.6 Å². The van der Waals surface area contributed by atoms with Gasteiger partial charge in [0.2, 0.25) is 0 Å². The number of benzene rings is 1. The lowest BCUT2D eigenvalue weighted by atomic mass is 9.83. The van der Waals surface area contributed by atoms with E-state index in [2.05, 4.69) is 27.2 Å². The summed E-state index contributed by atoms with van der Waals surface area (Å²) in [7, 11) is -4.27. The summed E-state index contributed by atoms with van der Waals surface area (Å²) in [6.45, 7) is 10.6. The Balaban J connectivity index is 1.44. The molecule has 0 bridgehead atoms. The molecule has 11 heteroatoms. The number of anilines is 1. The van der Waals surface area contributed by atoms with E-state index in [9.17, 15) is 18.0 Å². The van der Waals surface area contributed by atoms with E-state index in [1.807, 2.05) is 24.8 Å². The number of amides is 2. The van der Waals surface area contributed by atoms with Crippen molar-refractivity contribution in [2.45, 2.75) is 108 Å². The van der Waals surface area contributed by atoms with Crippen LogP contribution < -0.4 is 19.7 Å². The molecule has 2 aliphatic rings. The average molecular weight is 615 g/mol. The highest BCUT2D eigenvalue weighted by Crippen LogP contribution is 2.45. The van der Waals surface area contributed by atoms with Gasteiger partial charge in [-0.05, 0) is 82.2 Å². The Labute approximate surface area is 256 Å².